The molecule has 3 amide bonds. The fourth-order valence-corrected chi connectivity index (χ4v) is 2.77. The average Bonchev–Trinajstić information content (AvgIpc) is 2.57. The fourth-order valence-electron chi connectivity index (χ4n) is 2.77. The van der Waals surface area contributed by atoms with Crippen LogP contribution in [0.2, 0.25) is 0 Å². The number of nitrogens with one attached hydrogen (secondary N) is 1. The van der Waals surface area contributed by atoms with Crippen LogP contribution in [0.3, 0.4) is 0 Å². The summed E-state index contributed by atoms with van der Waals surface area (Å²) < 4.78 is 0. The Balaban J connectivity index is 1.95. The summed E-state index contributed by atoms with van der Waals surface area (Å²) in [6.07, 6.45) is 0.343. The van der Waals surface area contributed by atoms with E-state index in [-0.39, 0.29) is 11.1 Å². The van der Waals surface area contributed by atoms with Crippen molar-refractivity contribution in [2.75, 3.05) is 5.73 Å². The van der Waals surface area contributed by atoms with Crippen LogP contribution in [0.25, 0.3) is 0 Å². The van der Waals surface area contributed by atoms with Crippen LogP contribution >= 0.6 is 0 Å². The molecule has 21 heavy (non-hydrogen) atoms. The Morgan fingerprint density at radius 1 is 1.14 bits per heavy atom. The Morgan fingerprint density at radius 3 is 2.62 bits per heavy atom. The molecule has 0 saturated carbocycles. The van der Waals surface area contributed by atoms with Crippen molar-refractivity contribution >= 4 is 23.4 Å². The number of fused-ring (bicyclic) bond motifs is 1. The standard InChI is InChI=1S/C14H15N3O4/c15-7-4-5-8-9(6-7)14(21)17(13(8)20)10-2-1-3-11(18)16-12(10)19/h4-6,10-11,18H,1-3,15H2,(H,16,19)/t10-,11?/m0/s1. The quantitative estimate of drug-likeness (QED) is 0.491. The zero-order valence-electron chi connectivity index (χ0n) is 11.2. The summed E-state index contributed by atoms with van der Waals surface area (Å²) in [4.78, 5) is 37.8. The highest BCUT2D eigenvalue weighted by molar-refractivity contribution is 6.23. The van der Waals surface area contributed by atoms with Crippen molar-refractivity contribution in [2.24, 2.45) is 0 Å². The minimum absolute atomic E-state index is 0.220. The van der Waals surface area contributed by atoms with Gasteiger partial charge in [-0.05, 0) is 37.5 Å². The van der Waals surface area contributed by atoms with Crippen LogP contribution in [0.15, 0.2) is 18.2 Å². The third-order valence-corrected chi connectivity index (χ3v) is 3.82. The van der Waals surface area contributed by atoms with Crippen molar-refractivity contribution in [3.05, 3.63) is 29.3 Å². The molecule has 0 radical (unpaired) electrons. The lowest BCUT2D eigenvalue weighted by atomic mass is 10.1. The largest absolute Gasteiger partial charge is 0.399 e. The number of rotatable bonds is 1. The number of carbonyl (C=O) groups excluding carboxylic acids is 3. The second-order valence-electron chi connectivity index (χ2n) is 5.26. The van der Waals surface area contributed by atoms with Gasteiger partial charge in [0.25, 0.3) is 11.8 Å². The molecule has 4 N–H and O–H groups in total. The summed E-state index contributed by atoms with van der Waals surface area (Å²) in [7, 11) is 0. The molecule has 3 rings (SSSR count). The van der Waals surface area contributed by atoms with E-state index in [9.17, 15) is 19.5 Å². The number of anilines is 1. The minimum atomic E-state index is -0.937. The lowest BCUT2D eigenvalue weighted by molar-refractivity contribution is -0.127. The predicted molar refractivity (Wildman–Crippen MR) is 73.1 cm³/mol. The van der Waals surface area contributed by atoms with Crippen LogP contribution in [-0.4, -0.2) is 40.0 Å². The van der Waals surface area contributed by atoms with Crippen molar-refractivity contribution in [1.29, 1.82) is 0 Å². The van der Waals surface area contributed by atoms with Crippen LogP contribution in [-0.2, 0) is 4.79 Å². The molecule has 2 aliphatic heterocycles. The van der Waals surface area contributed by atoms with E-state index in [0.29, 0.717) is 24.9 Å². The van der Waals surface area contributed by atoms with Gasteiger partial charge in [-0.25, -0.2) is 0 Å². The van der Waals surface area contributed by atoms with Gasteiger partial charge in [0.05, 0.1) is 11.1 Å². The summed E-state index contributed by atoms with van der Waals surface area (Å²) in [5.74, 6) is -1.52. The molecule has 1 fully saturated rings. The number of benzene rings is 1. The molecule has 2 aliphatic rings. The number of nitrogens with zero attached hydrogens (tertiary/aromatic N) is 1. The summed E-state index contributed by atoms with van der Waals surface area (Å²) in [5.41, 5.74) is 6.50. The minimum Gasteiger partial charge on any atom is -0.399 e. The molecule has 0 aliphatic carbocycles. The van der Waals surface area contributed by atoms with Crippen molar-refractivity contribution < 1.29 is 19.5 Å². The molecule has 2 atom stereocenters. The molecule has 1 aromatic rings. The van der Waals surface area contributed by atoms with E-state index in [0.717, 1.165) is 4.90 Å². The fraction of sp³-hybridized carbons (Fsp3) is 0.357. The molecule has 7 nitrogen and oxygen atoms in total. The van der Waals surface area contributed by atoms with Gasteiger partial charge in [0, 0.05) is 5.69 Å². The number of amides is 3. The second kappa shape index (κ2) is 4.85. The van der Waals surface area contributed by atoms with E-state index >= 15 is 0 Å². The van der Waals surface area contributed by atoms with E-state index in [1.54, 1.807) is 6.07 Å². The molecule has 1 aromatic carbocycles. The first kappa shape index (κ1) is 13.6. The van der Waals surface area contributed by atoms with Gasteiger partial charge in [-0.15, -0.1) is 0 Å². The molecule has 7 heteroatoms. The number of hydrogen-bond acceptors (Lipinski definition) is 5. The number of aliphatic hydroxyl groups is 1. The van der Waals surface area contributed by atoms with Crippen LogP contribution < -0.4 is 11.1 Å². The number of hydrogen-bond donors (Lipinski definition) is 3. The number of imide groups is 1. The Bertz CT molecular complexity index is 643. The Kier molecular flexibility index (Phi) is 3.13. The first-order chi connectivity index (χ1) is 9.99. The van der Waals surface area contributed by atoms with Crippen molar-refractivity contribution in [1.82, 2.24) is 10.2 Å². The highest BCUT2D eigenvalue weighted by atomic mass is 16.3. The average molecular weight is 289 g/mol. The second-order valence-corrected chi connectivity index (χ2v) is 5.26. The van der Waals surface area contributed by atoms with E-state index in [4.69, 9.17) is 5.73 Å². The number of nitrogens with two attached hydrogens (primary N) is 1. The van der Waals surface area contributed by atoms with Gasteiger partial charge in [-0.1, -0.05) is 0 Å². The molecule has 1 unspecified atom stereocenters. The van der Waals surface area contributed by atoms with E-state index in [1.165, 1.54) is 12.1 Å². The molecule has 1 saturated heterocycles. The van der Waals surface area contributed by atoms with Gasteiger partial charge >= 0.3 is 0 Å². The van der Waals surface area contributed by atoms with Gasteiger partial charge in [0.15, 0.2) is 0 Å². The summed E-state index contributed by atoms with van der Waals surface area (Å²) in [6, 6.07) is 3.59. The molecule has 0 spiro atoms. The normalized spacial score (nSPS) is 25.6. The van der Waals surface area contributed by atoms with E-state index < -0.39 is 30.0 Å². The summed E-state index contributed by atoms with van der Waals surface area (Å²) >= 11 is 0. The highest BCUT2D eigenvalue weighted by Gasteiger charge is 2.43. The van der Waals surface area contributed by atoms with E-state index in [2.05, 4.69) is 5.32 Å². The topological polar surface area (TPSA) is 113 Å². The molecule has 0 bridgehead atoms. The van der Waals surface area contributed by atoms with Crippen LogP contribution in [0.1, 0.15) is 40.0 Å². The van der Waals surface area contributed by atoms with Crippen LogP contribution in [0, 0.1) is 0 Å². The third kappa shape index (κ3) is 2.15. The highest BCUT2D eigenvalue weighted by Crippen LogP contribution is 2.28. The van der Waals surface area contributed by atoms with E-state index in [1.807, 2.05) is 0 Å². The lowest BCUT2D eigenvalue weighted by Crippen LogP contribution is -2.50. The van der Waals surface area contributed by atoms with Crippen LogP contribution in [0.5, 0.6) is 0 Å². The monoisotopic (exact) mass is 289 g/mol. The molecule has 110 valence electrons. The predicted octanol–water partition coefficient (Wildman–Crippen LogP) is -0.148. The van der Waals surface area contributed by atoms with Gasteiger partial charge in [-0.2, -0.15) is 0 Å². The number of nitrogen functional groups attached to an aromatic ring is 1. The third-order valence-electron chi connectivity index (χ3n) is 3.82. The number of aliphatic hydroxyl groups excluding tert-OH is 1. The van der Waals surface area contributed by atoms with Gasteiger partial charge in [0.1, 0.15) is 12.3 Å². The maximum absolute atomic E-state index is 12.4. The lowest BCUT2D eigenvalue weighted by Gasteiger charge is -2.23. The zero-order valence-corrected chi connectivity index (χ0v) is 11.2. The molecular formula is C14H15N3O4. The Hall–Kier alpha value is -2.41. The summed E-state index contributed by atoms with van der Waals surface area (Å²) in [5, 5.41) is 11.9. The smallest absolute Gasteiger partial charge is 0.262 e. The van der Waals surface area contributed by atoms with Crippen molar-refractivity contribution in [3.8, 4) is 0 Å². The Morgan fingerprint density at radius 2 is 1.86 bits per heavy atom. The van der Waals surface area contributed by atoms with Crippen molar-refractivity contribution in [2.45, 2.75) is 31.5 Å². The van der Waals surface area contributed by atoms with Crippen LogP contribution in [0.4, 0.5) is 5.69 Å². The maximum atomic E-state index is 12.4. The molecule has 2 heterocycles. The maximum Gasteiger partial charge on any atom is 0.262 e. The van der Waals surface area contributed by atoms with Gasteiger partial charge < -0.3 is 16.2 Å². The number of carbonyl (C=O) groups is 3. The Labute approximate surface area is 120 Å². The van der Waals surface area contributed by atoms with Gasteiger partial charge in [0.2, 0.25) is 5.91 Å². The van der Waals surface area contributed by atoms with Crippen molar-refractivity contribution in [3.63, 3.8) is 0 Å². The zero-order chi connectivity index (χ0) is 15.1. The first-order valence-corrected chi connectivity index (χ1v) is 6.75. The SMILES string of the molecule is Nc1ccc2c(c1)C(=O)N([C@H]1CCCC(O)NC1=O)C2=O. The molecule has 0 aromatic heterocycles. The van der Waals surface area contributed by atoms with Gasteiger partial charge in [-0.3, -0.25) is 19.3 Å². The first-order valence-electron chi connectivity index (χ1n) is 6.75. The summed E-state index contributed by atoms with van der Waals surface area (Å²) in [6.45, 7) is 0. The molecular weight excluding hydrogens is 274 g/mol.